The summed E-state index contributed by atoms with van der Waals surface area (Å²) in [7, 11) is -2.12. The Kier molecular flexibility index (Phi) is 7.09. The van der Waals surface area contributed by atoms with Crippen LogP contribution in [0.15, 0.2) is 30.3 Å². The first-order chi connectivity index (χ1) is 13.7. The molecule has 30 heavy (non-hydrogen) atoms. The van der Waals surface area contributed by atoms with Gasteiger partial charge >= 0.3 is 0 Å². The zero-order valence-corrected chi connectivity index (χ0v) is 21.3. The maximum absolute atomic E-state index is 13.9. The lowest BCUT2D eigenvalue weighted by Gasteiger charge is -2.37. The summed E-state index contributed by atoms with van der Waals surface area (Å²) in [5.74, 6) is 0.671. The number of fused-ring (bicyclic) bond motifs is 1. The first-order valence-corrected chi connectivity index (χ1v) is 13.8. The van der Waals surface area contributed by atoms with Gasteiger partial charge in [-0.1, -0.05) is 45.0 Å². The minimum absolute atomic E-state index is 0.0309. The normalized spacial score (nSPS) is 13.8. The largest absolute Gasteiger partial charge is 0.543 e. The molecule has 166 valence electrons. The molecule has 0 aliphatic rings. The predicted octanol–water partition coefficient (Wildman–Crippen LogP) is 6.54. The van der Waals surface area contributed by atoms with E-state index in [-0.39, 0.29) is 23.0 Å². The zero-order chi connectivity index (χ0) is 23.0. The quantitative estimate of drug-likeness (QED) is 0.531. The molecule has 0 heterocycles. The smallest absolute Gasteiger partial charge is 0.255 e. The minimum Gasteiger partial charge on any atom is -0.543 e. The number of aliphatic hydroxyl groups excluding tert-OH is 1. The van der Waals surface area contributed by atoms with Crippen LogP contribution in [0.5, 0.6) is 5.75 Å². The van der Waals surface area contributed by atoms with E-state index in [1.807, 2.05) is 62.9 Å². The number of nitrogens with zero attached hydrogens (tertiary/aromatic N) is 1. The summed E-state index contributed by atoms with van der Waals surface area (Å²) in [4.78, 5) is 15.7. The van der Waals surface area contributed by atoms with E-state index in [1.54, 1.807) is 6.92 Å². The van der Waals surface area contributed by atoms with E-state index in [2.05, 4.69) is 33.9 Å². The van der Waals surface area contributed by atoms with Gasteiger partial charge in [0.25, 0.3) is 14.2 Å². The van der Waals surface area contributed by atoms with Gasteiger partial charge in [-0.05, 0) is 69.8 Å². The van der Waals surface area contributed by atoms with Crippen LogP contribution in [0.25, 0.3) is 10.8 Å². The molecular formula is C25H39NO3Si. The fraction of sp³-hybridized carbons (Fsp3) is 0.560. The molecule has 1 N–H and O–H groups in total. The summed E-state index contributed by atoms with van der Waals surface area (Å²) in [6.07, 6.45) is -0.754. The number of aliphatic hydroxyl groups is 1. The number of amides is 1. The summed E-state index contributed by atoms with van der Waals surface area (Å²) in [6, 6.07) is 9.87. The molecule has 4 nitrogen and oxygen atoms in total. The Morgan fingerprint density at radius 2 is 1.57 bits per heavy atom. The van der Waals surface area contributed by atoms with Crippen molar-refractivity contribution in [1.82, 2.24) is 4.90 Å². The van der Waals surface area contributed by atoms with Crippen molar-refractivity contribution in [3.63, 3.8) is 0 Å². The van der Waals surface area contributed by atoms with E-state index >= 15 is 0 Å². The van der Waals surface area contributed by atoms with Crippen molar-refractivity contribution >= 4 is 25.0 Å². The van der Waals surface area contributed by atoms with Crippen LogP contribution in [-0.4, -0.2) is 36.3 Å². The SMILES string of the molecule is CC(C)N(C(=O)c1c([C@H](C)O)ccc2cccc(O[Si](C)(C)C(C)(C)C)c12)C(C)C. The van der Waals surface area contributed by atoms with Gasteiger partial charge in [-0.3, -0.25) is 4.79 Å². The van der Waals surface area contributed by atoms with E-state index in [4.69, 9.17) is 4.43 Å². The van der Waals surface area contributed by atoms with Crippen LogP contribution in [0.3, 0.4) is 0 Å². The fourth-order valence-electron chi connectivity index (χ4n) is 3.65. The van der Waals surface area contributed by atoms with Crippen molar-refractivity contribution in [1.29, 1.82) is 0 Å². The highest BCUT2D eigenvalue weighted by Crippen LogP contribution is 2.41. The van der Waals surface area contributed by atoms with Crippen LogP contribution in [0.1, 0.15) is 77.4 Å². The molecule has 5 heteroatoms. The molecular weight excluding hydrogens is 390 g/mol. The molecule has 2 aromatic rings. The minimum atomic E-state index is -2.12. The summed E-state index contributed by atoms with van der Waals surface area (Å²) >= 11 is 0. The third-order valence-corrected chi connectivity index (χ3v) is 10.6. The highest BCUT2D eigenvalue weighted by atomic mass is 28.4. The van der Waals surface area contributed by atoms with Crippen LogP contribution >= 0.6 is 0 Å². The van der Waals surface area contributed by atoms with Crippen molar-refractivity contribution < 1.29 is 14.3 Å². The molecule has 0 fully saturated rings. The molecule has 0 saturated carbocycles. The maximum Gasteiger partial charge on any atom is 0.255 e. The molecule has 0 unspecified atom stereocenters. The lowest BCUT2D eigenvalue weighted by molar-refractivity contribution is 0.0639. The summed E-state index contributed by atoms with van der Waals surface area (Å²) in [6.45, 7) is 20.8. The lowest BCUT2D eigenvalue weighted by atomic mass is 9.94. The lowest BCUT2D eigenvalue weighted by Crippen LogP contribution is -2.44. The van der Waals surface area contributed by atoms with E-state index in [0.717, 1.165) is 16.5 Å². The Bertz CT molecular complexity index is 902. The van der Waals surface area contributed by atoms with Gasteiger partial charge in [-0.15, -0.1) is 0 Å². The Balaban J connectivity index is 2.85. The highest BCUT2D eigenvalue weighted by molar-refractivity contribution is 6.74. The molecule has 0 aliphatic carbocycles. The van der Waals surface area contributed by atoms with Crippen molar-refractivity contribution in [2.75, 3.05) is 0 Å². The number of rotatable bonds is 6. The van der Waals surface area contributed by atoms with E-state index in [9.17, 15) is 9.90 Å². The first-order valence-electron chi connectivity index (χ1n) is 10.9. The Morgan fingerprint density at radius 1 is 1.00 bits per heavy atom. The zero-order valence-electron chi connectivity index (χ0n) is 20.3. The van der Waals surface area contributed by atoms with Crippen LogP contribution < -0.4 is 4.43 Å². The average Bonchev–Trinajstić information content (AvgIpc) is 2.58. The maximum atomic E-state index is 13.9. The Morgan fingerprint density at radius 3 is 2.03 bits per heavy atom. The summed E-state index contributed by atoms with van der Waals surface area (Å²) < 4.78 is 6.69. The van der Waals surface area contributed by atoms with Gasteiger partial charge in [0.05, 0.1) is 11.7 Å². The molecule has 0 aromatic heterocycles. The molecule has 0 radical (unpaired) electrons. The third kappa shape index (κ3) is 4.73. The molecule has 1 atom stereocenters. The number of carbonyl (C=O) groups is 1. The molecule has 0 aliphatic heterocycles. The van der Waals surface area contributed by atoms with Gasteiger partial charge in [0.2, 0.25) is 0 Å². The van der Waals surface area contributed by atoms with Crippen LogP contribution in [0, 0.1) is 0 Å². The van der Waals surface area contributed by atoms with Crippen LogP contribution in [0.2, 0.25) is 18.1 Å². The van der Waals surface area contributed by atoms with Gasteiger partial charge in [0.15, 0.2) is 0 Å². The van der Waals surface area contributed by atoms with E-state index in [1.165, 1.54) is 0 Å². The fourth-order valence-corrected chi connectivity index (χ4v) is 4.67. The molecule has 2 rings (SSSR count). The molecule has 1 amide bonds. The average molecular weight is 430 g/mol. The standard InChI is InChI=1S/C25H39NO3Si/c1-16(2)26(17(3)4)24(28)23-20(18(5)27)15-14-19-12-11-13-21(22(19)23)29-30(9,10)25(6,7)8/h11-18,27H,1-10H3/t18-/m0/s1. The van der Waals surface area contributed by atoms with Gasteiger partial charge in [0, 0.05) is 17.5 Å². The Hall–Kier alpha value is -1.85. The van der Waals surface area contributed by atoms with Gasteiger partial charge in [-0.2, -0.15) is 0 Å². The molecule has 2 aromatic carbocycles. The van der Waals surface area contributed by atoms with Gasteiger partial charge in [-0.25, -0.2) is 0 Å². The Labute approximate surface area is 183 Å². The van der Waals surface area contributed by atoms with Crippen molar-refractivity contribution in [2.45, 2.75) is 91.7 Å². The van der Waals surface area contributed by atoms with E-state index in [0.29, 0.717) is 11.1 Å². The van der Waals surface area contributed by atoms with Gasteiger partial charge < -0.3 is 14.4 Å². The van der Waals surface area contributed by atoms with Crippen molar-refractivity contribution in [2.24, 2.45) is 0 Å². The van der Waals surface area contributed by atoms with Crippen molar-refractivity contribution in [3.8, 4) is 5.75 Å². The van der Waals surface area contributed by atoms with Gasteiger partial charge in [0.1, 0.15) is 5.75 Å². The predicted molar refractivity (Wildman–Crippen MR) is 129 cm³/mol. The molecule has 0 saturated heterocycles. The molecule has 0 bridgehead atoms. The topological polar surface area (TPSA) is 49.8 Å². The highest BCUT2D eigenvalue weighted by Gasteiger charge is 2.39. The number of hydrogen-bond acceptors (Lipinski definition) is 3. The monoisotopic (exact) mass is 429 g/mol. The third-order valence-electron chi connectivity index (χ3n) is 6.22. The summed E-state index contributed by atoms with van der Waals surface area (Å²) in [5.41, 5.74) is 1.20. The van der Waals surface area contributed by atoms with Crippen molar-refractivity contribution in [3.05, 3.63) is 41.5 Å². The molecule has 0 spiro atoms. The number of benzene rings is 2. The second-order valence-corrected chi connectivity index (χ2v) is 15.0. The van der Waals surface area contributed by atoms with Crippen LogP contribution in [-0.2, 0) is 0 Å². The number of hydrogen-bond donors (Lipinski definition) is 1. The second kappa shape index (κ2) is 8.72. The summed E-state index contributed by atoms with van der Waals surface area (Å²) in [5, 5.41) is 12.3. The number of carbonyl (C=O) groups excluding carboxylic acids is 1. The first kappa shape index (κ1) is 24.4. The second-order valence-electron chi connectivity index (χ2n) is 10.3. The van der Waals surface area contributed by atoms with E-state index < -0.39 is 14.4 Å². The van der Waals surface area contributed by atoms with Crippen LogP contribution in [0.4, 0.5) is 0 Å².